The average molecular weight is 490 g/mol. The second-order valence-corrected chi connectivity index (χ2v) is 10.2. The number of carbonyl (C=O) groups excluding carboxylic acids is 1. The summed E-state index contributed by atoms with van der Waals surface area (Å²) in [5.41, 5.74) is 2.90. The topological polar surface area (TPSA) is 71.8 Å². The summed E-state index contributed by atoms with van der Waals surface area (Å²) in [6.07, 6.45) is 3.43. The molecule has 36 heavy (non-hydrogen) atoms. The lowest BCUT2D eigenvalue weighted by molar-refractivity contribution is 0.139. The lowest BCUT2D eigenvalue weighted by Crippen LogP contribution is -2.61. The number of piperazine rings is 1. The summed E-state index contributed by atoms with van der Waals surface area (Å²) in [5.74, 6) is 1.26. The molecule has 7 heteroatoms. The van der Waals surface area contributed by atoms with Gasteiger partial charge in [-0.15, -0.1) is 0 Å². The third-order valence-corrected chi connectivity index (χ3v) is 7.61. The van der Waals surface area contributed by atoms with Crippen LogP contribution in [0.5, 0.6) is 5.75 Å². The summed E-state index contributed by atoms with van der Waals surface area (Å²) in [4.78, 5) is 19.8. The van der Waals surface area contributed by atoms with E-state index in [4.69, 9.17) is 4.74 Å². The summed E-state index contributed by atoms with van der Waals surface area (Å²) >= 11 is 0. The lowest BCUT2D eigenvalue weighted by atomic mass is 9.93. The van der Waals surface area contributed by atoms with E-state index in [1.165, 1.54) is 18.4 Å². The number of anilines is 1. The minimum Gasteiger partial charge on any atom is -0.495 e. The Kier molecular flexibility index (Phi) is 8.71. The fourth-order valence-electron chi connectivity index (χ4n) is 5.66. The number of likely N-dealkylation sites (tertiary alicyclic amines) is 1. The Balaban J connectivity index is 1.21. The van der Waals surface area contributed by atoms with E-state index in [1.807, 2.05) is 23.1 Å². The van der Waals surface area contributed by atoms with Gasteiger partial charge >= 0.3 is 6.03 Å². The molecule has 0 unspecified atom stereocenters. The van der Waals surface area contributed by atoms with Crippen LogP contribution in [0.3, 0.4) is 0 Å². The van der Waals surface area contributed by atoms with Crippen LogP contribution in [0, 0.1) is 17.2 Å². The van der Waals surface area contributed by atoms with Crippen molar-refractivity contribution in [2.75, 3.05) is 44.7 Å². The Bertz CT molecular complexity index is 1030. The molecule has 2 aromatic carbocycles. The van der Waals surface area contributed by atoms with Gasteiger partial charge in [-0.05, 0) is 75.9 Å². The molecule has 0 aromatic heterocycles. The number of rotatable bonds is 7. The lowest BCUT2D eigenvalue weighted by Gasteiger charge is -2.45. The molecule has 4 rings (SSSR count). The van der Waals surface area contributed by atoms with Crippen molar-refractivity contribution in [3.8, 4) is 11.8 Å². The average Bonchev–Trinajstić information content (AvgIpc) is 2.89. The van der Waals surface area contributed by atoms with Crippen molar-refractivity contribution in [2.24, 2.45) is 5.92 Å². The fourth-order valence-corrected chi connectivity index (χ4v) is 5.66. The number of piperidine rings is 1. The van der Waals surface area contributed by atoms with Gasteiger partial charge in [-0.3, -0.25) is 4.90 Å². The normalized spacial score (nSPS) is 21.2. The molecule has 2 aliphatic rings. The Morgan fingerprint density at radius 3 is 2.42 bits per heavy atom. The summed E-state index contributed by atoms with van der Waals surface area (Å²) in [7, 11) is 1.58. The minimum atomic E-state index is 0.0311. The van der Waals surface area contributed by atoms with Crippen LogP contribution in [0.15, 0.2) is 48.5 Å². The van der Waals surface area contributed by atoms with E-state index in [1.54, 1.807) is 7.11 Å². The molecule has 2 aliphatic heterocycles. The molecule has 1 N–H and O–H groups in total. The first-order chi connectivity index (χ1) is 17.5. The maximum atomic E-state index is 13.1. The largest absolute Gasteiger partial charge is 0.495 e. The molecule has 7 nitrogen and oxygen atoms in total. The number of nitrogens with zero attached hydrogens (tertiary/aromatic N) is 4. The van der Waals surface area contributed by atoms with Gasteiger partial charge in [-0.1, -0.05) is 30.3 Å². The quantitative estimate of drug-likeness (QED) is 0.621. The number of nitrogens with one attached hydrogen (secondary N) is 1. The zero-order valence-electron chi connectivity index (χ0n) is 21.8. The third kappa shape index (κ3) is 6.30. The van der Waals surface area contributed by atoms with Crippen LogP contribution in [0.4, 0.5) is 10.5 Å². The van der Waals surface area contributed by atoms with Crippen LogP contribution in [-0.4, -0.2) is 67.7 Å². The number of urea groups is 1. The molecule has 2 amide bonds. The summed E-state index contributed by atoms with van der Waals surface area (Å²) in [6.45, 7) is 9.67. The number of benzene rings is 2. The first-order valence-corrected chi connectivity index (χ1v) is 13.1. The minimum absolute atomic E-state index is 0.0311. The Morgan fingerprint density at radius 2 is 1.78 bits per heavy atom. The number of methoxy groups -OCH3 is 1. The highest BCUT2D eigenvalue weighted by atomic mass is 16.5. The van der Waals surface area contributed by atoms with Crippen LogP contribution < -0.4 is 15.0 Å². The summed E-state index contributed by atoms with van der Waals surface area (Å²) < 4.78 is 5.28. The predicted octanol–water partition coefficient (Wildman–Crippen LogP) is 4.48. The number of hydrogen-bond acceptors (Lipinski definition) is 5. The molecule has 0 aliphatic carbocycles. The smallest absolute Gasteiger partial charge is 0.318 e. The third-order valence-electron chi connectivity index (χ3n) is 7.61. The summed E-state index contributed by atoms with van der Waals surface area (Å²) in [5, 5.41) is 12.6. The Hall–Kier alpha value is -3.24. The predicted molar refractivity (Wildman–Crippen MR) is 143 cm³/mol. The van der Waals surface area contributed by atoms with Crippen LogP contribution in [0.25, 0.3) is 0 Å². The molecule has 0 bridgehead atoms. The number of hydrogen-bond donors (Lipinski definition) is 1. The van der Waals surface area contributed by atoms with E-state index in [-0.39, 0.29) is 18.1 Å². The SMILES string of the molecule is COc1ccc(N2C[C@@H](C)N(C(=O)NCCC3CCN(Cc4ccccc4)CC3)[C@@H](C)C2)cc1C#N. The van der Waals surface area contributed by atoms with Gasteiger partial charge in [-0.25, -0.2) is 4.79 Å². The molecule has 0 radical (unpaired) electrons. The summed E-state index contributed by atoms with van der Waals surface area (Å²) in [6, 6.07) is 18.8. The van der Waals surface area contributed by atoms with Crippen molar-refractivity contribution < 1.29 is 9.53 Å². The highest BCUT2D eigenvalue weighted by Crippen LogP contribution is 2.28. The monoisotopic (exact) mass is 489 g/mol. The first kappa shape index (κ1) is 25.8. The zero-order valence-corrected chi connectivity index (χ0v) is 21.8. The number of ether oxygens (including phenoxy) is 1. The Morgan fingerprint density at radius 1 is 1.08 bits per heavy atom. The van der Waals surface area contributed by atoms with Crippen molar-refractivity contribution in [3.63, 3.8) is 0 Å². The van der Waals surface area contributed by atoms with Crippen LogP contribution in [0.2, 0.25) is 0 Å². The molecular formula is C29H39N5O2. The van der Waals surface area contributed by atoms with E-state index < -0.39 is 0 Å². The van der Waals surface area contributed by atoms with Crippen molar-refractivity contribution in [2.45, 2.75) is 51.7 Å². The van der Waals surface area contributed by atoms with E-state index in [0.29, 0.717) is 17.2 Å². The van der Waals surface area contributed by atoms with E-state index in [0.717, 1.165) is 51.4 Å². The van der Waals surface area contributed by atoms with Gasteiger partial charge in [0.2, 0.25) is 0 Å². The first-order valence-electron chi connectivity index (χ1n) is 13.1. The van der Waals surface area contributed by atoms with E-state index in [2.05, 4.69) is 65.4 Å². The van der Waals surface area contributed by atoms with Gasteiger partial charge in [-0.2, -0.15) is 5.26 Å². The van der Waals surface area contributed by atoms with Crippen molar-refractivity contribution in [3.05, 3.63) is 59.7 Å². The molecular weight excluding hydrogens is 450 g/mol. The maximum absolute atomic E-state index is 13.1. The van der Waals surface area contributed by atoms with Gasteiger partial charge in [0.15, 0.2) is 0 Å². The molecule has 2 saturated heterocycles. The van der Waals surface area contributed by atoms with Crippen LogP contribution in [-0.2, 0) is 6.54 Å². The molecule has 0 spiro atoms. The molecule has 192 valence electrons. The zero-order chi connectivity index (χ0) is 25.5. The van der Waals surface area contributed by atoms with E-state index >= 15 is 0 Å². The van der Waals surface area contributed by atoms with Gasteiger partial charge in [0.1, 0.15) is 11.8 Å². The van der Waals surface area contributed by atoms with Crippen molar-refractivity contribution >= 4 is 11.7 Å². The van der Waals surface area contributed by atoms with Crippen molar-refractivity contribution in [1.29, 1.82) is 5.26 Å². The standard InChI is InChI=1S/C29H39N5O2/c1-22-19-33(27-9-10-28(36-3)26(17-27)18-30)20-23(2)34(22)29(35)31-14-11-24-12-15-32(16-13-24)21-25-7-5-4-6-8-25/h4-10,17,22-24H,11-16,19-21H2,1-3H3,(H,31,35)/t22-,23+. The number of nitriles is 1. The van der Waals surface area contributed by atoms with E-state index in [9.17, 15) is 10.1 Å². The maximum Gasteiger partial charge on any atom is 0.318 e. The van der Waals surface area contributed by atoms with Crippen molar-refractivity contribution in [1.82, 2.24) is 15.1 Å². The molecule has 2 aromatic rings. The second-order valence-electron chi connectivity index (χ2n) is 10.2. The second kappa shape index (κ2) is 12.1. The Labute approximate surface area is 215 Å². The van der Waals surface area contributed by atoms with Gasteiger partial charge in [0, 0.05) is 44.0 Å². The highest BCUT2D eigenvalue weighted by Gasteiger charge is 2.33. The fraction of sp³-hybridized carbons (Fsp3) is 0.517. The van der Waals surface area contributed by atoms with Gasteiger partial charge < -0.3 is 19.9 Å². The van der Waals surface area contributed by atoms with Gasteiger partial charge in [0.25, 0.3) is 0 Å². The number of carbonyl (C=O) groups is 1. The van der Waals surface area contributed by atoms with Crippen LogP contribution in [0.1, 0.15) is 44.2 Å². The molecule has 2 fully saturated rings. The molecule has 2 heterocycles. The molecule has 0 saturated carbocycles. The molecule has 2 atom stereocenters. The van der Waals surface area contributed by atoms with Gasteiger partial charge in [0.05, 0.1) is 12.7 Å². The number of amides is 2. The van der Waals surface area contributed by atoms with Crippen LogP contribution >= 0.6 is 0 Å². The highest BCUT2D eigenvalue weighted by molar-refractivity contribution is 5.75.